The molecule has 0 aliphatic carbocycles. The molecule has 2 heterocycles. The van der Waals surface area contributed by atoms with Gasteiger partial charge in [-0.25, -0.2) is 9.37 Å². The largest absolute Gasteiger partial charge is 0.484 e. The highest BCUT2D eigenvalue weighted by Gasteiger charge is 2.14. The van der Waals surface area contributed by atoms with Gasteiger partial charge in [0.15, 0.2) is 13.2 Å². The minimum Gasteiger partial charge on any atom is -0.484 e. The highest BCUT2D eigenvalue weighted by molar-refractivity contribution is 6.30. The second-order valence-electron chi connectivity index (χ2n) is 6.89. The van der Waals surface area contributed by atoms with Crippen LogP contribution in [-0.4, -0.2) is 34.8 Å². The third kappa shape index (κ3) is 6.42. The molecule has 0 saturated carbocycles. The molecule has 3 rings (SSSR count). The lowest BCUT2D eigenvalue weighted by Crippen LogP contribution is -2.28. The number of hydrogen-bond acceptors (Lipinski definition) is 8. The van der Waals surface area contributed by atoms with E-state index in [2.05, 4.69) is 20.5 Å². The van der Waals surface area contributed by atoms with Crippen LogP contribution in [0.4, 0.5) is 4.39 Å². The van der Waals surface area contributed by atoms with Gasteiger partial charge in [0.25, 0.3) is 11.8 Å². The van der Waals surface area contributed by atoms with E-state index < -0.39 is 11.7 Å². The SMILES string of the molecule is COc1ccc(OCc2nnc(/C(C)=C(/C)NC(=O)COc3ccc(Cl)c(F)c3)o2)c(C)n1. The van der Waals surface area contributed by atoms with Gasteiger partial charge in [-0.15, -0.1) is 10.2 Å². The number of halogens is 2. The van der Waals surface area contributed by atoms with Crippen molar-refractivity contribution in [1.82, 2.24) is 20.5 Å². The number of carbonyl (C=O) groups is 1. The van der Waals surface area contributed by atoms with Crippen LogP contribution in [0.1, 0.15) is 31.3 Å². The average molecular weight is 477 g/mol. The third-order valence-corrected chi connectivity index (χ3v) is 4.82. The number of aryl methyl sites for hydroxylation is 1. The van der Waals surface area contributed by atoms with Crippen molar-refractivity contribution in [2.75, 3.05) is 13.7 Å². The monoisotopic (exact) mass is 476 g/mol. The maximum absolute atomic E-state index is 13.5. The van der Waals surface area contributed by atoms with Crippen LogP contribution in [0.15, 0.2) is 40.4 Å². The molecular weight excluding hydrogens is 455 g/mol. The Hall–Kier alpha value is -3.66. The normalized spacial score (nSPS) is 11.6. The maximum Gasteiger partial charge on any atom is 0.262 e. The molecule has 174 valence electrons. The number of hydrogen-bond donors (Lipinski definition) is 1. The van der Waals surface area contributed by atoms with Crippen molar-refractivity contribution >= 4 is 23.1 Å². The van der Waals surface area contributed by atoms with E-state index in [-0.39, 0.29) is 35.8 Å². The number of nitrogens with one attached hydrogen (secondary N) is 1. The first-order valence-electron chi connectivity index (χ1n) is 9.79. The number of carbonyl (C=O) groups excluding carboxylic acids is 1. The van der Waals surface area contributed by atoms with E-state index in [0.29, 0.717) is 28.6 Å². The minimum atomic E-state index is -0.629. The summed E-state index contributed by atoms with van der Waals surface area (Å²) in [4.78, 5) is 16.4. The lowest BCUT2D eigenvalue weighted by Gasteiger charge is -2.09. The number of benzene rings is 1. The summed E-state index contributed by atoms with van der Waals surface area (Å²) < 4.78 is 35.1. The molecule has 0 saturated heterocycles. The van der Waals surface area contributed by atoms with Crippen molar-refractivity contribution in [3.63, 3.8) is 0 Å². The molecule has 1 aromatic carbocycles. The van der Waals surface area contributed by atoms with E-state index in [1.165, 1.54) is 19.2 Å². The first kappa shape index (κ1) is 24.0. The molecule has 1 N–H and O–H groups in total. The van der Waals surface area contributed by atoms with Gasteiger partial charge in [-0.2, -0.15) is 0 Å². The predicted octanol–water partition coefficient (Wildman–Crippen LogP) is 4.10. The molecule has 1 amide bonds. The number of amides is 1. The molecule has 0 radical (unpaired) electrons. The molecule has 0 bridgehead atoms. The topological polar surface area (TPSA) is 109 Å². The summed E-state index contributed by atoms with van der Waals surface area (Å²) in [5, 5.41) is 10.6. The van der Waals surface area contributed by atoms with Gasteiger partial charge < -0.3 is 23.9 Å². The van der Waals surface area contributed by atoms with Gasteiger partial charge in [0.2, 0.25) is 11.8 Å². The average Bonchev–Trinajstić information content (AvgIpc) is 3.27. The molecule has 0 aliphatic rings. The third-order valence-electron chi connectivity index (χ3n) is 4.51. The Balaban J connectivity index is 1.56. The van der Waals surface area contributed by atoms with Gasteiger partial charge >= 0.3 is 0 Å². The molecule has 0 spiro atoms. The number of rotatable bonds is 9. The van der Waals surface area contributed by atoms with E-state index in [1.54, 1.807) is 32.9 Å². The molecule has 9 nitrogen and oxygen atoms in total. The standard InChI is InChI=1S/C22H22ClFN4O5/c1-12(13(2)25-19(29)10-31-15-5-6-16(23)17(24)9-15)22-28-27-21(33-22)11-32-18-7-8-20(30-4)26-14(18)3/h5-9H,10-11H2,1-4H3,(H,25,29)/b13-12-. The Kier molecular flexibility index (Phi) is 7.83. The van der Waals surface area contributed by atoms with Crippen molar-refractivity contribution in [3.8, 4) is 17.4 Å². The molecule has 11 heteroatoms. The summed E-state index contributed by atoms with van der Waals surface area (Å²) in [5.41, 5.74) is 1.73. The summed E-state index contributed by atoms with van der Waals surface area (Å²) in [5.74, 6) is 0.664. The van der Waals surface area contributed by atoms with Crippen LogP contribution in [0, 0.1) is 12.7 Å². The van der Waals surface area contributed by atoms with Crippen molar-refractivity contribution in [2.24, 2.45) is 0 Å². The number of nitrogens with zero attached hydrogens (tertiary/aromatic N) is 3. The van der Waals surface area contributed by atoms with Gasteiger partial charge in [0.05, 0.1) is 17.8 Å². The molecule has 0 aliphatic heterocycles. The second-order valence-corrected chi connectivity index (χ2v) is 7.30. The predicted molar refractivity (Wildman–Crippen MR) is 117 cm³/mol. The van der Waals surface area contributed by atoms with Crippen LogP contribution in [0.2, 0.25) is 5.02 Å². The quantitative estimate of drug-likeness (QED) is 0.491. The first-order valence-corrected chi connectivity index (χ1v) is 10.2. The van der Waals surface area contributed by atoms with Gasteiger partial charge in [-0.3, -0.25) is 4.79 Å². The van der Waals surface area contributed by atoms with Crippen LogP contribution < -0.4 is 19.5 Å². The summed E-state index contributed by atoms with van der Waals surface area (Å²) in [6, 6.07) is 7.35. The molecule has 33 heavy (non-hydrogen) atoms. The first-order chi connectivity index (χ1) is 15.8. The van der Waals surface area contributed by atoms with E-state index in [4.69, 9.17) is 30.2 Å². The summed E-state index contributed by atoms with van der Waals surface area (Å²) in [6.45, 7) is 4.93. The van der Waals surface area contributed by atoms with E-state index in [1.807, 2.05) is 0 Å². The van der Waals surface area contributed by atoms with Crippen molar-refractivity contribution < 1.29 is 27.8 Å². The fraction of sp³-hybridized carbons (Fsp3) is 0.273. The highest BCUT2D eigenvalue weighted by Crippen LogP contribution is 2.22. The minimum absolute atomic E-state index is 0.0265. The van der Waals surface area contributed by atoms with Crippen molar-refractivity contribution in [2.45, 2.75) is 27.4 Å². The number of aromatic nitrogens is 3. The molecule has 2 aromatic heterocycles. The van der Waals surface area contributed by atoms with Gasteiger partial charge in [0, 0.05) is 23.4 Å². The fourth-order valence-electron chi connectivity index (χ4n) is 2.61. The van der Waals surface area contributed by atoms with E-state index >= 15 is 0 Å². The highest BCUT2D eigenvalue weighted by atomic mass is 35.5. The number of methoxy groups -OCH3 is 1. The van der Waals surface area contributed by atoms with Crippen LogP contribution >= 0.6 is 11.6 Å². The van der Waals surface area contributed by atoms with Gasteiger partial charge in [0.1, 0.15) is 17.3 Å². The number of ether oxygens (including phenoxy) is 3. The van der Waals surface area contributed by atoms with Gasteiger partial charge in [-0.1, -0.05) is 11.6 Å². The van der Waals surface area contributed by atoms with Gasteiger partial charge in [-0.05, 0) is 39.0 Å². The summed E-state index contributed by atoms with van der Waals surface area (Å²) >= 11 is 5.62. The Morgan fingerprint density at radius 2 is 1.97 bits per heavy atom. The van der Waals surface area contributed by atoms with Crippen LogP contribution in [0.25, 0.3) is 5.57 Å². The smallest absolute Gasteiger partial charge is 0.262 e. The number of allylic oxidation sites excluding steroid dienone is 2. The van der Waals surface area contributed by atoms with Crippen molar-refractivity contribution in [1.29, 1.82) is 0 Å². The van der Waals surface area contributed by atoms with Crippen LogP contribution in [-0.2, 0) is 11.4 Å². The number of pyridine rings is 1. The Bertz CT molecular complexity index is 1180. The van der Waals surface area contributed by atoms with Crippen LogP contribution in [0.5, 0.6) is 17.4 Å². The lowest BCUT2D eigenvalue weighted by atomic mass is 10.2. The molecule has 3 aromatic rings. The molecule has 0 fully saturated rings. The van der Waals surface area contributed by atoms with E-state index in [0.717, 1.165) is 6.07 Å². The fourth-order valence-corrected chi connectivity index (χ4v) is 2.73. The Morgan fingerprint density at radius 1 is 1.18 bits per heavy atom. The zero-order chi connectivity index (χ0) is 24.0. The summed E-state index contributed by atoms with van der Waals surface area (Å²) in [6.07, 6.45) is 0. The summed E-state index contributed by atoms with van der Waals surface area (Å²) in [7, 11) is 1.54. The Morgan fingerprint density at radius 3 is 2.67 bits per heavy atom. The Labute approximate surface area is 194 Å². The van der Waals surface area contributed by atoms with E-state index in [9.17, 15) is 9.18 Å². The van der Waals surface area contributed by atoms with Crippen molar-refractivity contribution in [3.05, 3.63) is 64.3 Å². The zero-order valence-corrected chi connectivity index (χ0v) is 19.2. The molecule has 0 unspecified atom stereocenters. The maximum atomic E-state index is 13.5. The molecular formula is C22H22ClFN4O5. The lowest BCUT2D eigenvalue weighted by molar-refractivity contribution is -0.122. The zero-order valence-electron chi connectivity index (χ0n) is 18.4. The molecule has 0 atom stereocenters. The van der Waals surface area contributed by atoms with Crippen LogP contribution in [0.3, 0.4) is 0 Å². The second kappa shape index (κ2) is 10.8.